The molecule has 2 heterocycles. The van der Waals surface area contributed by atoms with E-state index in [0.717, 1.165) is 5.56 Å². The first-order valence-corrected chi connectivity index (χ1v) is 10.5. The van der Waals surface area contributed by atoms with Crippen molar-refractivity contribution in [3.8, 4) is 5.75 Å². The SMILES string of the molecule is CCOc1ccc(CN2C(=O)c3ccccc3C2=O)cc1C(=O)NCCc1cccnc1. The van der Waals surface area contributed by atoms with Crippen molar-refractivity contribution in [2.24, 2.45) is 0 Å². The van der Waals surface area contributed by atoms with Gasteiger partial charge in [0.1, 0.15) is 5.75 Å². The molecular weight excluding hydrogens is 406 g/mol. The maximum absolute atomic E-state index is 12.9. The Bertz CT molecular complexity index is 1130. The number of carbonyl (C=O) groups is 3. The summed E-state index contributed by atoms with van der Waals surface area (Å²) < 4.78 is 5.62. The average molecular weight is 429 g/mol. The molecule has 162 valence electrons. The highest BCUT2D eigenvalue weighted by molar-refractivity contribution is 6.21. The quantitative estimate of drug-likeness (QED) is 0.556. The second kappa shape index (κ2) is 9.43. The van der Waals surface area contributed by atoms with Gasteiger partial charge in [0.2, 0.25) is 0 Å². The molecule has 0 radical (unpaired) electrons. The third kappa shape index (κ3) is 4.37. The Labute approximate surface area is 186 Å². The molecule has 0 aliphatic carbocycles. The minimum absolute atomic E-state index is 0.0781. The van der Waals surface area contributed by atoms with Crippen molar-refractivity contribution in [1.29, 1.82) is 0 Å². The smallest absolute Gasteiger partial charge is 0.261 e. The van der Waals surface area contributed by atoms with Crippen LogP contribution < -0.4 is 10.1 Å². The Morgan fingerprint density at radius 2 is 1.75 bits per heavy atom. The van der Waals surface area contributed by atoms with E-state index >= 15 is 0 Å². The van der Waals surface area contributed by atoms with E-state index in [9.17, 15) is 14.4 Å². The Morgan fingerprint density at radius 3 is 2.41 bits per heavy atom. The summed E-state index contributed by atoms with van der Waals surface area (Å²) in [7, 11) is 0. The highest BCUT2D eigenvalue weighted by Gasteiger charge is 2.35. The molecule has 1 aromatic heterocycles. The molecule has 7 heteroatoms. The van der Waals surface area contributed by atoms with Crippen molar-refractivity contribution >= 4 is 17.7 Å². The van der Waals surface area contributed by atoms with Crippen LogP contribution in [0, 0.1) is 0 Å². The summed E-state index contributed by atoms with van der Waals surface area (Å²) in [6, 6.07) is 15.7. The minimum Gasteiger partial charge on any atom is -0.493 e. The van der Waals surface area contributed by atoms with Crippen molar-refractivity contribution < 1.29 is 19.1 Å². The fourth-order valence-electron chi connectivity index (χ4n) is 3.66. The number of nitrogens with zero attached hydrogens (tertiary/aromatic N) is 2. The first-order valence-electron chi connectivity index (χ1n) is 10.5. The van der Waals surface area contributed by atoms with Crippen LogP contribution in [0.4, 0.5) is 0 Å². The van der Waals surface area contributed by atoms with Crippen LogP contribution in [0.15, 0.2) is 67.0 Å². The molecule has 0 fully saturated rings. The summed E-state index contributed by atoms with van der Waals surface area (Å²) >= 11 is 0. The number of fused-ring (bicyclic) bond motifs is 1. The molecule has 3 aromatic rings. The molecule has 7 nitrogen and oxygen atoms in total. The van der Waals surface area contributed by atoms with Gasteiger partial charge in [-0.3, -0.25) is 24.3 Å². The van der Waals surface area contributed by atoms with Crippen molar-refractivity contribution in [3.63, 3.8) is 0 Å². The van der Waals surface area contributed by atoms with Crippen LogP contribution in [0.25, 0.3) is 0 Å². The zero-order valence-corrected chi connectivity index (χ0v) is 17.7. The van der Waals surface area contributed by atoms with Crippen molar-refractivity contribution in [1.82, 2.24) is 15.2 Å². The number of aromatic nitrogens is 1. The van der Waals surface area contributed by atoms with Crippen molar-refractivity contribution in [2.45, 2.75) is 19.9 Å². The normalized spacial score (nSPS) is 12.6. The third-order valence-corrected chi connectivity index (χ3v) is 5.23. The Kier molecular flexibility index (Phi) is 6.26. The van der Waals surface area contributed by atoms with Crippen LogP contribution in [-0.4, -0.2) is 40.8 Å². The van der Waals surface area contributed by atoms with Gasteiger partial charge in [-0.2, -0.15) is 0 Å². The van der Waals surface area contributed by atoms with Gasteiger partial charge in [0.05, 0.1) is 29.8 Å². The van der Waals surface area contributed by atoms with Crippen LogP contribution in [0.3, 0.4) is 0 Å². The second-order valence-electron chi connectivity index (χ2n) is 7.37. The second-order valence-corrected chi connectivity index (χ2v) is 7.37. The highest BCUT2D eigenvalue weighted by atomic mass is 16.5. The van der Waals surface area contributed by atoms with E-state index in [1.165, 1.54) is 4.90 Å². The van der Waals surface area contributed by atoms with Crippen LogP contribution in [-0.2, 0) is 13.0 Å². The van der Waals surface area contributed by atoms with Crippen molar-refractivity contribution in [2.75, 3.05) is 13.2 Å². The molecule has 1 N–H and O–H groups in total. The van der Waals surface area contributed by atoms with E-state index in [0.29, 0.717) is 47.6 Å². The van der Waals surface area contributed by atoms with Crippen LogP contribution >= 0.6 is 0 Å². The molecule has 32 heavy (non-hydrogen) atoms. The average Bonchev–Trinajstić information content (AvgIpc) is 3.06. The highest BCUT2D eigenvalue weighted by Crippen LogP contribution is 2.26. The molecular formula is C25H23N3O4. The summed E-state index contributed by atoms with van der Waals surface area (Å²) in [4.78, 5) is 43.5. The maximum atomic E-state index is 12.9. The van der Waals surface area contributed by atoms with Gasteiger partial charge in [0.15, 0.2) is 0 Å². The lowest BCUT2D eigenvalue weighted by Gasteiger charge is -2.16. The monoisotopic (exact) mass is 429 g/mol. The topological polar surface area (TPSA) is 88.6 Å². The lowest BCUT2D eigenvalue weighted by molar-refractivity contribution is 0.0642. The standard InChI is InChI=1S/C25H23N3O4/c1-2-32-22-10-9-18(16-28-24(30)19-7-3-4-8-20(19)25(28)31)14-21(22)23(29)27-13-11-17-6-5-12-26-15-17/h3-10,12,14-15H,2,11,13,16H2,1H3,(H,27,29). The summed E-state index contributed by atoms with van der Waals surface area (Å²) in [5.41, 5.74) is 2.86. The number of hydrogen-bond donors (Lipinski definition) is 1. The molecule has 4 rings (SSSR count). The number of imide groups is 1. The molecule has 0 saturated carbocycles. The molecule has 0 bridgehead atoms. The van der Waals surface area contributed by atoms with Crippen molar-refractivity contribution in [3.05, 3.63) is 94.8 Å². The number of benzene rings is 2. The number of ether oxygens (including phenoxy) is 1. The van der Waals surface area contributed by atoms with Crippen LogP contribution in [0.1, 0.15) is 49.1 Å². The van der Waals surface area contributed by atoms with Gasteiger partial charge in [-0.25, -0.2) is 0 Å². The van der Waals surface area contributed by atoms with Gasteiger partial charge in [-0.1, -0.05) is 24.3 Å². The summed E-state index contributed by atoms with van der Waals surface area (Å²) in [5.74, 6) is -0.483. The summed E-state index contributed by atoms with van der Waals surface area (Å²) in [6.45, 7) is 2.78. The Balaban J connectivity index is 1.50. The van der Waals surface area contributed by atoms with E-state index in [1.54, 1.807) is 54.9 Å². The number of rotatable bonds is 8. The molecule has 2 aromatic carbocycles. The maximum Gasteiger partial charge on any atom is 0.261 e. The fourth-order valence-corrected chi connectivity index (χ4v) is 3.66. The number of nitrogens with one attached hydrogen (secondary N) is 1. The third-order valence-electron chi connectivity index (χ3n) is 5.23. The minimum atomic E-state index is -0.332. The first-order chi connectivity index (χ1) is 15.6. The van der Waals surface area contributed by atoms with Gasteiger partial charge in [0, 0.05) is 18.9 Å². The van der Waals surface area contributed by atoms with Crippen LogP contribution in [0.2, 0.25) is 0 Å². The van der Waals surface area contributed by atoms with E-state index in [1.807, 2.05) is 19.1 Å². The predicted molar refractivity (Wildman–Crippen MR) is 119 cm³/mol. The number of hydrogen-bond acceptors (Lipinski definition) is 5. The molecule has 1 aliphatic heterocycles. The van der Waals surface area contributed by atoms with E-state index < -0.39 is 0 Å². The van der Waals surface area contributed by atoms with E-state index in [2.05, 4.69) is 10.3 Å². The molecule has 0 saturated heterocycles. The molecule has 0 spiro atoms. The number of pyridine rings is 1. The number of carbonyl (C=O) groups excluding carboxylic acids is 3. The Hall–Kier alpha value is -4.00. The zero-order valence-electron chi connectivity index (χ0n) is 17.7. The van der Waals surface area contributed by atoms with Gasteiger partial charge >= 0.3 is 0 Å². The largest absolute Gasteiger partial charge is 0.493 e. The van der Waals surface area contributed by atoms with Gasteiger partial charge in [0.25, 0.3) is 17.7 Å². The predicted octanol–water partition coefficient (Wildman–Crippen LogP) is 3.25. The Morgan fingerprint density at radius 1 is 1.00 bits per heavy atom. The summed E-state index contributed by atoms with van der Waals surface area (Å²) in [6.07, 6.45) is 4.12. The molecule has 1 aliphatic rings. The number of amides is 3. The van der Waals surface area contributed by atoms with Gasteiger partial charge in [-0.15, -0.1) is 0 Å². The van der Waals surface area contributed by atoms with Crippen LogP contribution in [0.5, 0.6) is 5.75 Å². The molecule has 3 amide bonds. The van der Waals surface area contributed by atoms with Gasteiger partial charge < -0.3 is 10.1 Å². The molecule has 0 atom stereocenters. The van der Waals surface area contributed by atoms with E-state index in [-0.39, 0.29) is 24.3 Å². The summed E-state index contributed by atoms with van der Waals surface area (Å²) in [5, 5.41) is 2.90. The fraction of sp³-hybridized carbons (Fsp3) is 0.200. The van der Waals surface area contributed by atoms with E-state index in [4.69, 9.17) is 4.74 Å². The molecule has 0 unspecified atom stereocenters. The lowest BCUT2D eigenvalue weighted by atomic mass is 10.1. The zero-order chi connectivity index (χ0) is 22.5. The lowest BCUT2D eigenvalue weighted by Crippen LogP contribution is -2.30. The first kappa shape index (κ1) is 21.2. The van der Waals surface area contributed by atoms with Gasteiger partial charge in [-0.05, 0) is 54.8 Å².